The highest BCUT2D eigenvalue weighted by molar-refractivity contribution is 5.88. The van der Waals surface area contributed by atoms with Gasteiger partial charge in [0.15, 0.2) is 0 Å². The van der Waals surface area contributed by atoms with Gasteiger partial charge >= 0.3 is 5.97 Å². The number of hydrogen-bond acceptors (Lipinski definition) is 3. The number of carboxylic acids is 1. The molecule has 0 aliphatic carbocycles. The summed E-state index contributed by atoms with van der Waals surface area (Å²) < 4.78 is 1.60. The van der Waals surface area contributed by atoms with E-state index in [9.17, 15) is 4.79 Å². The first kappa shape index (κ1) is 12.2. The highest BCUT2D eigenvalue weighted by atomic mass is 16.4. The molecule has 0 amide bonds. The molecule has 20 heavy (non-hydrogen) atoms. The van der Waals surface area contributed by atoms with E-state index in [1.54, 1.807) is 10.5 Å². The Balaban J connectivity index is 2.20. The third-order valence-electron chi connectivity index (χ3n) is 3.23. The summed E-state index contributed by atoms with van der Waals surface area (Å²) in [6, 6.07) is 11.0. The number of nitrogens with two attached hydrogens (primary N) is 1. The average molecular weight is 267 g/mol. The smallest absolute Gasteiger partial charge is 0.337 e. The molecule has 3 rings (SSSR count). The van der Waals surface area contributed by atoms with Crippen molar-refractivity contribution in [3.8, 4) is 11.3 Å². The fourth-order valence-electron chi connectivity index (χ4n) is 2.11. The second-order valence-electron chi connectivity index (χ2n) is 4.66. The Morgan fingerprint density at radius 3 is 2.55 bits per heavy atom. The van der Waals surface area contributed by atoms with Crippen molar-refractivity contribution in [2.75, 3.05) is 5.73 Å². The lowest BCUT2D eigenvalue weighted by Gasteiger charge is -2.01. The average Bonchev–Trinajstić information content (AvgIpc) is 2.76. The van der Waals surface area contributed by atoms with E-state index in [-0.39, 0.29) is 5.56 Å². The number of anilines is 1. The number of pyridine rings is 1. The topological polar surface area (TPSA) is 80.6 Å². The van der Waals surface area contributed by atoms with E-state index in [0.29, 0.717) is 17.2 Å². The van der Waals surface area contributed by atoms with E-state index < -0.39 is 5.97 Å². The Morgan fingerprint density at radius 2 is 1.90 bits per heavy atom. The van der Waals surface area contributed by atoms with Crippen molar-refractivity contribution in [3.63, 3.8) is 0 Å². The van der Waals surface area contributed by atoms with Crippen LogP contribution in [-0.2, 0) is 0 Å². The molecule has 2 heterocycles. The van der Waals surface area contributed by atoms with Gasteiger partial charge in [0, 0.05) is 11.8 Å². The van der Waals surface area contributed by atoms with E-state index >= 15 is 0 Å². The van der Waals surface area contributed by atoms with Crippen LogP contribution in [0.5, 0.6) is 0 Å². The number of carbonyl (C=O) groups is 1. The zero-order valence-electron chi connectivity index (χ0n) is 10.9. The van der Waals surface area contributed by atoms with Crippen molar-refractivity contribution in [1.82, 2.24) is 9.38 Å². The summed E-state index contributed by atoms with van der Waals surface area (Å²) in [5.74, 6) is -0.552. The molecule has 100 valence electrons. The molecule has 0 saturated carbocycles. The molecule has 0 unspecified atom stereocenters. The van der Waals surface area contributed by atoms with Crippen molar-refractivity contribution in [2.45, 2.75) is 6.92 Å². The second-order valence-corrected chi connectivity index (χ2v) is 4.66. The fraction of sp³-hybridized carbons (Fsp3) is 0.0667. The van der Waals surface area contributed by atoms with Gasteiger partial charge in [-0.15, -0.1) is 0 Å². The zero-order chi connectivity index (χ0) is 14.3. The molecule has 5 heteroatoms. The van der Waals surface area contributed by atoms with Crippen molar-refractivity contribution in [1.29, 1.82) is 0 Å². The van der Waals surface area contributed by atoms with Gasteiger partial charge in [0.2, 0.25) is 0 Å². The van der Waals surface area contributed by atoms with Crippen LogP contribution in [0, 0.1) is 6.92 Å². The first-order chi connectivity index (χ1) is 9.56. The number of nitrogen functional groups attached to an aromatic ring is 1. The molecule has 0 radical (unpaired) electrons. The minimum atomic E-state index is -0.989. The van der Waals surface area contributed by atoms with Gasteiger partial charge < -0.3 is 10.8 Å². The van der Waals surface area contributed by atoms with Crippen LogP contribution in [-0.4, -0.2) is 20.5 Å². The maximum atomic E-state index is 11.0. The van der Waals surface area contributed by atoms with Crippen molar-refractivity contribution in [2.24, 2.45) is 0 Å². The van der Waals surface area contributed by atoms with Crippen LogP contribution in [0.25, 0.3) is 16.9 Å². The van der Waals surface area contributed by atoms with E-state index in [1.807, 2.05) is 31.2 Å². The quantitative estimate of drug-likeness (QED) is 0.747. The highest BCUT2D eigenvalue weighted by Gasteiger charge is 2.13. The summed E-state index contributed by atoms with van der Waals surface area (Å²) in [5, 5.41) is 9.01. The number of aromatic carboxylic acids is 1. The minimum absolute atomic E-state index is 0.178. The fourth-order valence-corrected chi connectivity index (χ4v) is 2.11. The Bertz CT molecular complexity index is 804. The number of aromatic nitrogens is 2. The SMILES string of the molecule is Cc1ccc(-c2nc3ccc(C(=O)O)cn3c2N)cc1. The normalized spacial score (nSPS) is 10.8. The van der Waals surface area contributed by atoms with Crippen LogP contribution in [0.2, 0.25) is 0 Å². The molecule has 0 saturated heterocycles. The molecule has 0 atom stereocenters. The standard InChI is InChI=1S/C15H13N3O2/c1-9-2-4-10(5-3-9)13-14(16)18-8-11(15(19)20)6-7-12(18)17-13/h2-8H,16H2,1H3,(H,19,20). The molecule has 0 bridgehead atoms. The molecule has 0 spiro atoms. The summed E-state index contributed by atoms with van der Waals surface area (Å²) >= 11 is 0. The van der Waals surface area contributed by atoms with Crippen molar-refractivity contribution >= 4 is 17.4 Å². The number of hydrogen-bond donors (Lipinski definition) is 2. The lowest BCUT2D eigenvalue weighted by molar-refractivity contribution is 0.0696. The van der Waals surface area contributed by atoms with Gasteiger partial charge in [-0.05, 0) is 19.1 Å². The predicted molar refractivity (Wildman–Crippen MR) is 76.7 cm³/mol. The number of fused-ring (bicyclic) bond motifs is 1. The van der Waals surface area contributed by atoms with E-state index in [2.05, 4.69) is 4.98 Å². The van der Waals surface area contributed by atoms with E-state index in [4.69, 9.17) is 10.8 Å². The van der Waals surface area contributed by atoms with E-state index in [1.165, 1.54) is 12.3 Å². The van der Waals surface area contributed by atoms with Gasteiger partial charge in [-0.1, -0.05) is 29.8 Å². The highest BCUT2D eigenvalue weighted by Crippen LogP contribution is 2.26. The molecule has 5 nitrogen and oxygen atoms in total. The van der Waals surface area contributed by atoms with Crippen LogP contribution < -0.4 is 5.73 Å². The summed E-state index contributed by atoms with van der Waals surface area (Å²) in [4.78, 5) is 15.5. The summed E-state index contributed by atoms with van der Waals surface area (Å²) in [5.41, 5.74) is 9.62. The molecule has 0 fully saturated rings. The van der Waals surface area contributed by atoms with Crippen molar-refractivity contribution < 1.29 is 9.90 Å². The first-order valence-electron chi connectivity index (χ1n) is 6.14. The maximum absolute atomic E-state index is 11.0. The third-order valence-corrected chi connectivity index (χ3v) is 3.23. The number of rotatable bonds is 2. The largest absolute Gasteiger partial charge is 0.478 e. The number of nitrogens with zero attached hydrogens (tertiary/aromatic N) is 2. The lowest BCUT2D eigenvalue weighted by Crippen LogP contribution is -2.00. The lowest BCUT2D eigenvalue weighted by atomic mass is 10.1. The summed E-state index contributed by atoms with van der Waals surface area (Å²) in [6.07, 6.45) is 1.48. The van der Waals surface area contributed by atoms with Crippen LogP contribution >= 0.6 is 0 Å². The number of imidazole rings is 1. The molecule has 1 aromatic carbocycles. The monoisotopic (exact) mass is 267 g/mol. The van der Waals surface area contributed by atoms with Gasteiger partial charge in [0.25, 0.3) is 0 Å². The van der Waals surface area contributed by atoms with Crippen LogP contribution in [0.3, 0.4) is 0 Å². The summed E-state index contributed by atoms with van der Waals surface area (Å²) in [6.45, 7) is 2.01. The van der Waals surface area contributed by atoms with Crippen molar-refractivity contribution in [3.05, 3.63) is 53.7 Å². The molecule has 2 aromatic heterocycles. The number of carboxylic acid groups (broad SMARTS) is 1. The maximum Gasteiger partial charge on any atom is 0.337 e. The second kappa shape index (κ2) is 4.38. The number of aryl methyl sites for hydroxylation is 1. The van der Waals surface area contributed by atoms with Crippen LogP contribution in [0.4, 0.5) is 5.82 Å². The van der Waals surface area contributed by atoms with Crippen LogP contribution in [0.1, 0.15) is 15.9 Å². The van der Waals surface area contributed by atoms with Crippen LogP contribution in [0.15, 0.2) is 42.6 Å². The number of benzene rings is 1. The Labute approximate surface area is 115 Å². The molecule has 3 N–H and O–H groups in total. The first-order valence-corrected chi connectivity index (χ1v) is 6.14. The Kier molecular flexibility index (Phi) is 2.68. The van der Waals surface area contributed by atoms with Gasteiger partial charge in [0.1, 0.15) is 17.2 Å². The molecular weight excluding hydrogens is 254 g/mol. The molecule has 0 aliphatic heterocycles. The summed E-state index contributed by atoms with van der Waals surface area (Å²) in [7, 11) is 0. The van der Waals surface area contributed by atoms with Gasteiger partial charge in [-0.3, -0.25) is 4.40 Å². The van der Waals surface area contributed by atoms with Gasteiger partial charge in [-0.25, -0.2) is 9.78 Å². The van der Waals surface area contributed by atoms with Gasteiger partial charge in [0.05, 0.1) is 5.56 Å². The van der Waals surface area contributed by atoms with Gasteiger partial charge in [-0.2, -0.15) is 0 Å². The van der Waals surface area contributed by atoms with E-state index in [0.717, 1.165) is 11.1 Å². The molecular formula is C15H13N3O2. The third kappa shape index (κ3) is 1.89. The molecule has 0 aliphatic rings. The Hall–Kier alpha value is -2.82. The molecule has 3 aromatic rings. The zero-order valence-corrected chi connectivity index (χ0v) is 10.9. The predicted octanol–water partition coefficient (Wildman–Crippen LogP) is 2.59. The minimum Gasteiger partial charge on any atom is -0.478 e. The Morgan fingerprint density at radius 1 is 1.20 bits per heavy atom.